The van der Waals surface area contributed by atoms with Crippen LogP contribution < -0.4 is 10.6 Å². The van der Waals surface area contributed by atoms with Gasteiger partial charge in [-0.2, -0.15) is 0 Å². The molecule has 0 bridgehead atoms. The van der Waals surface area contributed by atoms with Gasteiger partial charge in [-0.05, 0) is 24.6 Å². The molecule has 6 heteroatoms. The molecule has 2 rings (SSSR count). The summed E-state index contributed by atoms with van der Waals surface area (Å²) in [5.41, 5.74) is 0.668. The van der Waals surface area contributed by atoms with E-state index in [0.29, 0.717) is 12.2 Å². The standard InChI is InChI=1S/C15H15F2N3O/c1-2-6-19-13-5-7-18-9-11(13)15(21)20-14-8-10(16)3-4-12(14)17/h3-5,7-9H,2,6H2,1H3,(H,18,19)(H,20,21). The lowest BCUT2D eigenvalue weighted by molar-refractivity contribution is 0.102. The van der Waals surface area contributed by atoms with Gasteiger partial charge in [-0.15, -0.1) is 0 Å². The summed E-state index contributed by atoms with van der Waals surface area (Å²) in [7, 11) is 0. The van der Waals surface area contributed by atoms with Crippen LogP contribution in [-0.4, -0.2) is 17.4 Å². The molecular formula is C15H15F2N3O. The van der Waals surface area contributed by atoms with Crippen LogP contribution in [0.3, 0.4) is 0 Å². The van der Waals surface area contributed by atoms with Crippen LogP contribution in [0.2, 0.25) is 0 Å². The molecule has 0 saturated heterocycles. The van der Waals surface area contributed by atoms with Gasteiger partial charge in [0.2, 0.25) is 0 Å². The van der Waals surface area contributed by atoms with E-state index in [4.69, 9.17) is 0 Å². The van der Waals surface area contributed by atoms with Crippen molar-refractivity contribution < 1.29 is 13.6 Å². The molecule has 0 saturated carbocycles. The van der Waals surface area contributed by atoms with Crippen LogP contribution in [0.25, 0.3) is 0 Å². The molecule has 0 spiro atoms. The number of benzene rings is 1. The van der Waals surface area contributed by atoms with E-state index < -0.39 is 17.5 Å². The summed E-state index contributed by atoms with van der Waals surface area (Å²) in [6.45, 7) is 2.69. The van der Waals surface area contributed by atoms with Crippen molar-refractivity contribution in [3.8, 4) is 0 Å². The van der Waals surface area contributed by atoms with Gasteiger partial charge >= 0.3 is 0 Å². The van der Waals surface area contributed by atoms with Crippen molar-refractivity contribution >= 4 is 17.3 Å². The highest BCUT2D eigenvalue weighted by atomic mass is 19.1. The Balaban J connectivity index is 2.22. The van der Waals surface area contributed by atoms with E-state index in [9.17, 15) is 13.6 Å². The number of rotatable bonds is 5. The van der Waals surface area contributed by atoms with Gasteiger partial charge in [0, 0.05) is 25.0 Å². The molecule has 21 heavy (non-hydrogen) atoms. The SMILES string of the molecule is CCCNc1ccncc1C(=O)Nc1cc(F)ccc1F. The lowest BCUT2D eigenvalue weighted by atomic mass is 10.2. The third-order valence-corrected chi connectivity index (χ3v) is 2.81. The minimum Gasteiger partial charge on any atom is -0.384 e. The van der Waals surface area contributed by atoms with E-state index in [1.165, 1.54) is 6.20 Å². The Kier molecular flexibility index (Phi) is 4.81. The number of hydrogen-bond acceptors (Lipinski definition) is 3. The molecular weight excluding hydrogens is 276 g/mol. The number of nitrogens with one attached hydrogen (secondary N) is 2. The molecule has 0 radical (unpaired) electrons. The maximum absolute atomic E-state index is 13.5. The van der Waals surface area contributed by atoms with E-state index in [1.54, 1.807) is 12.3 Å². The van der Waals surface area contributed by atoms with Crippen LogP contribution in [0.15, 0.2) is 36.7 Å². The van der Waals surface area contributed by atoms with Gasteiger partial charge in [-0.25, -0.2) is 8.78 Å². The first-order valence-corrected chi connectivity index (χ1v) is 6.56. The fourth-order valence-corrected chi connectivity index (χ4v) is 1.77. The second-order valence-corrected chi connectivity index (χ2v) is 4.43. The molecule has 0 aliphatic heterocycles. The Morgan fingerprint density at radius 3 is 2.81 bits per heavy atom. The number of halogens is 2. The second-order valence-electron chi connectivity index (χ2n) is 4.43. The van der Waals surface area contributed by atoms with Crippen molar-refractivity contribution in [2.24, 2.45) is 0 Å². The Bertz CT molecular complexity index is 647. The average molecular weight is 291 g/mol. The number of carbonyl (C=O) groups is 1. The zero-order valence-corrected chi connectivity index (χ0v) is 11.5. The Labute approximate surface area is 121 Å². The number of amides is 1. The summed E-state index contributed by atoms with van der Waals surface area (Å²) in [5, 5.41) is 5.44. The fraction of sp³-hybridized carbons (Fsp3) is 0.200. The van der Waals surface area contributed by atoms with Gasteiger partial charge in [0.1, 0.15) is 11.6 Å². The third-order valence-electron chi connectivity index (χ3n) is 2.81. The minimum atomic E-state index is -0.697. The zero-order valence-electron chi connectivity index (χ0n) is 11.5. The molecule has 4 nitrogen and oxygen atoms in total. The molecule has 0 fully saturated rings. The predicted octanol–water partition coefficient (Wildman–Crippen LogP) is 3.43. The van der Waals surface area contributed by atoms with Crippen molar-refractivity contribution in [1.29, 1.82) is 0 Å². The monoisotopic (exact) mass is 291 g/mol. The Morgan fingerprint density at radius 1 is 1.24 bits per heavy atom. The van der Waals surface area contributed by atoms with Gasteiger partial charge in [0.15, 0.2) is 0 Å². The molecule has 2 N–H and O–H groups in total. The first-order chi connectivity index (χ1) is 10.1. The number of pyridine rings is 1. The van der Waals surface area contributed by atoms with Crippen LogP contribution >= 0.6 is 0 Å². The van der Waals surface area contributed by atoms with Gasteiger partial charge < -0.3 is 10.6 Å². The average Bonchev–Trinajstić information content (AvgIpc) is 2.49. The van der Waals surface area contributed by atoms with Crippen molar-refractivity contribution in [1.82, 2.24) is 4.98 Å². The molecule has 110 valence electrons. The number of hydrogen-bond donors (Lipinski definition) is 2. The molecule has 0 atom stereocenters. The number of anilines is 2. The number of nitrogens with zero attached hydrogens (tertiary/aromatic N) is 1. The zero-order chi connectivity index (χ0) is 15.2. The van der Waals surface area contributed by atoms with E-state index in [1.807, 2.05) is 6.92 Å². The molecule has 0 unspecified atom stereocenters. The van der Waals surface area contributed by atoms with E-state index in [-0.39, 0.29) is 11.3 Å². The molecule has 1 aromatic heterocycles. The highest BCUT2D eigenvalue weighted by molar-refractivity contribution is 6.07. The summed E-state index contributed by atoms with van der Waals surface area (Å²) in [4.78, 5) is 16.1. The Morgan fingerprint density at radius 2 is 2.05 bits per heavy atom. The van der Waals surface area contributed by atoms with Gasteiger partial charge in [-0.3, -0.25) is 9.78 Å². The number of aromatic nitrogens is 1. The highest BCUT2D eigenvalue weighted by Crippen LogP contribution is 2.19. The van der Waals surface area contributed by atoms with Crippen molar-refractivity contribution in [2.45, 2.75) is 13.3 Å². The van der Waals surface area contributed by atoms with Crippen LogP contribution in [0, 0.1) is 11.6 Å². The molecule has 1 amide bonds. The first kappa shape index (κ1) is 14.9. The van der Waals surface area contributed by atoms with E-state index in [0.717, 1.165) is 24.6 Å². The number of carbonyl (C=O) groups excluding carboxylic acids is 1. The molecule has 1 aromatic carbocycles. The van der Waals surface area contributed by atoms with E-state index >= 15 is 0 Å². The maximum Gasteiger partial charge on any atom is 0.259 e. The molecule has 1 heterocycles. The van der Waals surface area contributed by atoms with Crippen LogP contribution in [-0.2, 0) is 0 Å². The molecule has 2 aromatic rings. The third kappa shape index (κ3) is 3.75. The van der Waals surface area contributed by atoms with Crippen LogP contribution in [0.5, 0.6) is 0 Å². The quantitative estimate of drug-likeness (QED) is 0.887. The molecule has 0 aliphatic carbocycles. The fourth-order valence-electron chi connectivity index (χ4n) is 1.77. The topological polar surface area (TPSA) is 54.0 Å². The normalized spacial score (nSPS) is 10.2. The summed E-state index contributed by atoms with van der Waals surface area (Å²) < 4.78 is 26.6. The lowest BCUT2D eigenvalue weighted by Crippen LogP contribution is -2.16. The predicted molar refractivity (Wildman–Crippen MR) is 77.3 cm³/mol. The Hall–Kier alpha value is -2.50. The van der Waals surface area contributed by atoms with Crippen molar-refractivity contribution in [2.75, 3.05) is 17.2 Å². The largest absolute Gasteiger partial charge is 0.384 e. The minimum absolute atomic E-state index is 0.203. The van der Waals surface area contributed by atoms with Gasteiger partial charge in [0.25, 0.3) is 5.91 Å². The second kappa shape index (κ2) is 6.78. The summed E-state index contributed by atoms with van der Waals surface area (Å²) in [6, 6.07) is 4.54. The summed E-state index contributed by atoms with van der Waals surface area (Å²) in [6.07, 6.45) is 3.82. The highest BCUT2D eigenvalue weighted by Gasteiger charge is 2.14. The lowest BCUT2D eigenvalue weighted by Gasteiger charge is -2.11. The van der Waals surface area contributed by atoms with Gasteiger partial charge in [0.05, 0.1) is 16.9 Å². The summed E-state index contributed by atoms with van der Waals surface area (Å²) in [5.74, 6) is -1.87. The van der Waals surface area contributed by atoms with Crippen LogP contribution in [0.1, 0.15) is 23.7 Å². The summed E-state index contributed by atoms with van der Waals surface area (Å²) >= 11 is 0. The smallest absolute Gasteiger partial charge is 0.259 e. The maximum atomic E-state index is 13.5. The van der Waals surface area contributed by atoms with Crippen molar-refractivity contribution in [3.63, 3.8) is 0 Å². The van der Waals surface area contributed by atoms with Crippen LogP contribution in [0.4, 0.5) is 20.2 Å². The van der Waals surface area contributed by atoms with E-state index in [2.05, 4.69) is 15.6 Å². The molecule has 0 aliphatic rings. The van der Waals surface area contributed by atoms with Crippen molar-refractivity contribution in [3.05, 3.63) is 53.9 Å². The van der Waals surface area contributed by atoms with Gasteiger partial charge in [-0.1, -0.05) is 6.92 Å². The first-order valence-electron chi connectivity index (χ1n) is 6.56.